The van der Waals surface area contributed by atoms with Crippen molar-refractivity contribution in [2.75, 3.05) is 55.7 Å². The van der Waals surface area contributed by atoms with Gasteiger partial charge >= 0.3 is 6.01 Å². The van der Waals surface area contributed by atoms with E-state index in [1.165, 1.54) is 0 Å². The number of ether oxygens (including phenoxy) is 1. The summed E-state index contributed by atoms with van der Waals surface area (Å²) in [6.45, 7) is 11.8. The highest BCUT2D eigenvalue weighted by Gasteiger charge is 2.39. The van der Waals surface area contributed by atoms with Gasteiger partial charge in [-0.1, -0.05) is 25.9 Å². The number of amides is 1. The first-order chi connectivity index (χ1) is 18.4. The highest BCUT2D eigenvalue weighted by Crippen LogP contribution is 2.30. The van der Waals surface area contributed by atoms with Gasteiger partial charge < -0.3 is 29.7 Å². The normalized spacial score (nSPS) is 23.4. The Hall–Kier alpha value is -2.95. The molecule has 11 heteroatoms. The minimum Gasteiger partial charge on any atom is -0.490 e. The molecule has 0 saturated carbocycles. The van der Waals surface area contributed by atoms with Crippen LogP contribution in [0.15, 0.2) is 16.9 Å². The molecule has 0 radical (unpaired) electrons. The molecule has 0 unspecified atom stereocenters. The Morgan fingerprint density at radius 3 is 2.45 bits per heavy atom. The molecule has 0 aromatic carbocycles. The van der Waals surface area contributed by atoms with Gasteiger partial charge in [0, 0.05) is 51.2 Å². The maximum absolute atomic E-state index is 12.8. The van der Waals surface area contributed by atoms with E-state index in [-0.39, 0.29) is 23.8 Å². The lowest BCUT2D eigenvalue weighted by Gasteiger charge is -2.33. The van der Waals surface area contributed by atoms with E-state index in [9.17, 15) is 4.79 Å². The third-order valence-electron chi connectivity index (χ3n) is 8.40. The van der Waals surface area contributed by atoms with Crippen molar-refractivity contribution < 1.29 is 14.1 Å². The van der Waals surface area contributed by atoms with E-state index < -0.39 is 0 Å². The molecule has 1 amide bonds. The topological polar surface area (TPSA) is 127 Å². The number of anilines is 2. The average Bonchev–Trinajstić information content (AvgIpc) is 3.70. The maximum Gasteiger partial charge on any atom is 0.324 e. The van der Waals surface area contributed by atoms with Crippen LogP contribution in [0.1, 0.15) is 64.6 Å². The standard InChI is InChI=1S/C27H42N8O3/c1-18(2)24-31-27(38-32-24)34-11-6-20(7-12-34)19(3)8-13-37-21-14-29-26(30-15-21)35-16-22(23(28)17-35)25(36)33-9-4-5-10-33/h14-15,18-20,22-23H,4-13,16-17,28H2,1-3H3/t19-,22-,23+/m1/s1. The first-order valence-corrected chi connectivity index (χ1v) is 14.2. The largest absolute Gasteiger partial charge is 0.490 e. The van der Waals surface area contributed by atoms with Crippen LogP contribution in [-0.4, -0.2) is 82.8 Å². The molecule has 2 N–H and O–H groups in total. The van der Waals surface area contributed by atoms with Crippen molar-refractivity contribution in [2.24, 2.45) is 23.5 Å². The van der Waals surface area contributed by atoms with Crippen LogP contribution in [0.4, 0.5) is 12.0 Å². The van der Waals surface area contributed by atoms with Crippen LogP contribution in [-0.2, 0) is 4.79 Å². The summed E-state index contributed by atoms with van der Waals surface area (Å²) in [5.74, 6) is 3.50. The van der Waals surface area contributed by atoms with Crippen LogP contribution in [0.25, 0.3) is 0 Å². The number of likely N-dealkylation sites (tertiary alicyclic amines) is 1. The zero-order valence-corrected chi connectivity index (χ0v) is 23.0. The Morgan fingerprint density at radius 1 is 1.08 bits per heavy atom. The minimum absolute atomic E-state index is 0.173. The van der Waals surface area contributed by atoms with Crippen LogP contribution >= 0.6 is 0 Å². The van der Waals surface area contributed by atoms with Crippen molar-refractivity contribution in [1.82, 2.24) is 25.0 Å². The molecule has 38 heavy (non-hydrogen) atoms. The van der Waals surface area contributed by atoms with Gasteiger partial charge in [-0.15, -0.1) is 0 Å². The van der Waals surface area contributed by atoms with E-state index in [0.717, 1.165) is 64.1 Å². The molecule has 0 bridgehead atoms. The molecule has 0 aliphatic carbocycles. The molecule has 3 atom stereocenters. The Morgan fingerprint density at radius 2 is 1.79 bits per heavy atom. The monoisotopic (exact) mass is 526 g/mol. The van der Waals surface area contributed by atoms with E-state index in [1.807, 2.05) is 9.80 Å². The number of hydrogen-bond acceptors (Lipinski definition) is 10. The van der Waals surface area contributed by atoms with E-state index in [1.54, 1.807) is 12.4 Å². The number of hydrogen-bond donors (Lipinski definition) is 1. The third kappa shape index (κ3) is 6.03. The fraction of sp³-hybridized carbons (Fsp3) is 0.741. The van der Waals surface area contributed by atoms with Gasteiger partial charge in [0.1, 0.15) is 0 Å². The van der Waals surface area contributed by atoms with E-state index in [2.05, 4.69) is 45.8 Å². The van der Waals surface area contributed by atoms with Crippen molar-refractivity contribution in [2.45, 2.75) is 64.8 Å². The Kier molecular flexibility index (Phi) is 8.30. The van der Waals surface area contributed by atoms with Gasteiger partial charge in [0.05, 0.1) is 24.9 Å². The quantitative estimate of drug-likeness (QED) is 0.521. The van der Waals surface area contributed by atoms with E-state index in [4.69, 9.17) is 15.0 Å². The second-order valence-corrected chi connectivity index (χ2v) is 11.5. The molecule has 3 saturated heterocycles. The Bertz CT molecular complexity index is 1050. The highest BCUT2D eigenvalue weighted by atomic mass is 16.5. The summed E-state index contributed by atoms with van der Waals surface area (Å²) in [7, 11) is 0. The first-order valence-electron chi connectivity index (χ1n) is 14.2. The number of carbonyl (C=O) groups excluding carboxylic acids is 1. The number of carbonyl (C=O) groups is 1. The van der Waals surface area contributed by atoms with Crippen LogP contribution < -0.4 is 20.3 Å². The third-order valence-corrected chi connectivity index (χ3v) is 8.40. The fourth-order valence-corrected chi connectivity index (χ4v) is 5.82. The number of rotatable bonds is 9. The summed E-state index contributed by atoms with van der Waals surface area (Å²) >= 11 is 0. The molecular weight excluding hydrogens is 484 g/mol. The first kappa shape index (κ1) is 26.6. The molecule has 5 heterocycles. The predicted octanol–water partition coefficient (Wildman–Crippen LogP) is 2.69. The van der Waals surface area contributed by atoms with Gasteiger partial charge in [0.25, 0.3) is 0 Å². The molecular formula is C27H42N8O3. The molecule has 2 aromatic heterocycles. The Labute approximate surface area is 225 Å². The molecule has 5 rings (SSSR count). The lowest BCUT2D eigenvalue weighted by Crippen LogP contribution is -2.42. The van der Waals surface area contributed by atoms with Gasteiger partial charge in [-0.05, 0) is 43.9 Å². The van der Waals surface area contributed by atoms with Gasteiger partial charge in [0.2, 0.25) is 11.9 Å². The SMILES string of the molecule is CC(C)c1noc(N2CCC([C@H](C)CCOc3cnc(N4C[C@H](N)[C@H](C(=O)N5CCCC5)C4)nc3)CC2)n1. The van der Waals surface area contributed by atoms with Crippen LogP contribution in [0.3, 0.4) is 0 Å². The lowest BCUT2D eigenvalue weighted by atomic mass is 9.84. The van der Waals surface area contributed by atoms with Gasteiger partial charge in [0.15, 0.2) is 11.6 Å². The van der Waals surface area contributed by atoms with Crippen molar-refractivity contribution in [3.05, 3.63) is 18.2 Å². The summed E-state index contributed by atoms with van der Waals surface area (Å²) in [6.07, 6.45) is 8.81. The second-order valence-electron chi connectivity index (χ2n) is 11.5. The highest BCUT2D eigenvalue weighted by molar-refractivity contribution is 5.81. The molecule has 208 valence electrons. The molecule has 3 fully saturated rings. The fourth-order valence-electron chi connectivity index (χ4n) is 5.82. The average molecular weight is 527 g/mol. The van der Waals surface area contributed by atoms with Gasteiger partial charge in [-0.2, -0.15) is 4.98 Å². The van der Waals surface area contributed by atoms with Gasteiger partial charge in [-0.25, -0.2) is 9.97 Å². The van der Waals surface area contributed by atoms with Crippen molar-refractivity contribution in [3.63, 3.8) is 0 Å². The van der Waals surface area contributed by atoms with Crippen molar-refractivity contribution in [1.29, 1.82) is 0 Å². The second kappa shape index (κ2) is 11.8. The van der Waals surface area contributed by atoms with Crippen LogP contribution in [0.5, 0.6) is 5.75 Å². The van der Waals surface area contributed by atoms with E-state index in [0.29, 0.717) is 49.2 Å². The molecule has 0 spiro atoms. The Balaban J connectivity index is 1.04. The maximum atomic E-state index is 12.8. The predicted molar refractivity (Wildman–Crippen MR) is 144 cm³/mol. The summed E-state index contributed by atoms with van der Waals surface area (Å²) < 4.78 is 11.4. The van der Waals surface area contributed by atoms with Crippen molar-refractivity contribution in [3.8, 4) is 5.75 Å². The number of nitrogens with two attached hydrogens (primary N) is 1. The molecule has 2 aromatic rings. The number of nitrogens with zero attached hydrogens (tertiary/aromatic N) is 7. The summed E-state index contributed by atoms with van der Waals surface area (Å²) in [5.41, 5.74) is 6.33. The van der Waals surface area contributed by atoms with Gasteiger partial charge in [-0.3, -0.25) is 4.79 Å². The lowest BCUT2D eigenvalue weighted by molar-refractivity contribution is -0.134. The number of piperidine rings is 1. The smallest absolute Gasteiger partial charge is 0.324 e. The van der Waals surface area contributed by atoms with Crippen molar-refractivity contribution >= 4 is 17.9 Å². The van der Waals surface area contributed by atoms with E-state index >= 15 is 0 Å². The molecule has 3 aliphatic rings. The zero-order chi connectivity index (χ0) is 26.6. The number of aromatic nitrogens is 4. The summed E-state index contributed by atoms with van der Waals surface area (Å²) in [5, 5.41) is 4.09. The van der Waals surface area contributed by atoms with Crippen LogP contribution in [0, 0.1) is 17.8 Å². The molecule has 3 aliphatic heterocycles. The zero-order valence-electron chi connectivity index (χ0n) is 23.0. The summed E-state index contributed by atoms with van der Waals surface area (Å²) in [6, 6.07) is 0.455. The molecule has 11 nitrogen and oxygen atoms in total. The van der Waals surface area contributed by atoms with Crippen LogP contribution in [0.2, 0.25) is 0 Å². The minimum atomic E-state index is -0.194. The summed E-state index contributed by atoms with van der Waals surface area (Å²) in [4.78, 5) is 32.5.